The molecule has 6 heteroatoms. The van der Waals surface area contributed by atoms with Crippen molar-refractivity contribution in [3.05, 3.63) is 53.8 Å². The maximum Gasteiger partial charge on any atom is 0.315 e. The molecule has 0 atom stereocenters. The van der Waals surface area contributed by atoms with Crippen LogP contribution in [0.5, 0.6) is 11.6 Å². The third-order valence-electron chi connectivity index (χ3n) is 3.84. The first-order chi connectivity index (χ1) is 12.0. The van der Waals surface area contributed by atoms with Gasteiger partial charge in [-0.05, 0) is 35.9 Å². The Morgan fingerprint density at radius 2 is 1.92 bits per heavy atom. The van der Waals surface area contributed by atoms with E-state index in [1.807, 2.05) is 12.1 Å². The summed E-state index contributed by atoms with van der Waals surface area (Å²) in [5.74, 6) is -0.00481. The lowest BCUT2D eigenvalue weighted by molar-refractivity contribution is -0.137. The zero-order valence-corrected chi connectivity index (χ0v) is 14.3. The van der Waals surface area contributed by atoms with Gasteiger partial charge in [-0.3, -0.25) is 9.48 Å². The fourth-order valence-electron chi connectivity index (χ4n) is 2.43. The molecule has 0 saturated carbocycles. The highest BCUT2D eigenvalue weighted by Crippen LogP contribution is 2.30. The SMILES string of the molecule is COc1ccc2c(c1)c(OC(=O)C(C)C)nn2Cc1ccc(F)cc1. The number of nitrogens with zero attached hydrogens (tertiary/aromatic N) is 2. The van der Waals surface area contributed by atoms with Gasteiger partial charge in [0, 0.05) is 0 Å². The fourth-order valence-corrected chi connectivity index (χ4v) is 2.43. The van der Waals surface area contributed by atoms with E-state index in [4.69, 9.17) is 9.47 Å². The van der Waals surface area contributed by atoms with Gasteiger partial charge in [0.15, 0.2) is 0 Å². The molecule has 0 aliphatic carbocycles. The maximum absolute atomic E-state index is 13.1. The van der Waals surface area contributed by atoms with Crippen molar-refractivity contribution in [3.63, 3.8) is 0 Å². The maximum atomic E-state index is 13.1. The van der Waals surface area contributed by atoms with E-state index >= 15 is 0 Å². The molecule has 1 heterocycles. The fraction of sp³-hybridized carbons (Fsp3) is 0.263. The van der Waals surface area contributed by atoms with Crippen LogP contribution in [0, 0.1) is 11.7 Å². The summed E-state index contributed by atoms with van der Waals surface area (Å²) < 4.78 is 25.5. The van der Waals surface area contributed by atoms with Gasteiger partial charge in [0.05, 0.1) is 30.5 Å². The van der Waals surface area contributed by atoms with Crippen molar-refractivity contribution in [1.82, 2.24) is 9.78 Å². The molecule has 0 N–H and O–H groups in total. The number of fused-ring (bicyclic) bond motifs is 1. The van der Waals surface area contributed by atoms with Crippen LogP contribution in [0.2, 0.25) is 0 Å². The average Bonchev–Trinajstić information content (AvgIpc) is 2.93. The van der Waals surface area contributed by atoms with Crippen LogP contribution >= 0.6 is 0 Å². The molecule has 130 valence electrons. The minimum Gasteiger partial charge on any atom is -0.497 e. The molecule has 0 fully saturated rings. The Kier molecular flexibility index (Phi) is 4.70. The lowest BCUT2D eigenvalue weighted by Crippen LogP contribution is -2.15. The smallest absolute Gasteiger partial charge is 0.315 e. The molecular weight excluding hydrogens is 323 g/mol. The number of ether oxygens (including phenoxy) is 2. The number of halogens is 1. The highest BCUT2D eigenvalue weighted by atomic mass is 19.1. The molecule has 0 bridgehead atoms. The predicted octanol–water partition coefficient (Wildman–Crippen LogP) is 3.79. The lowest BCUT2D eigenvalue weighted by atomic mass is 10.2. The van der Waals surface area contributed by atoms with Gasteiger partial charge in [-0.2, -0.15) is 0 Å². The first kappa shape index (κ1) is 17.0. The van der Waals surface area contributed by atoms with E-state index in [1.54, 1.807) is 43.8 Å². The summed E-state index contributed by atoms with van der Waals surface area (Å²) in [4.78, 5) is 12.0. The molecule has 2 aromatic carbocycles. The van der Waals surface area contributed by atoms with E-state index in [-0.39, 0.29) is 23.6 Å². The molecule has 0 aliphatic rings. The number of hydrogen-bond donors (Lipinski definition) is 0. The van der Waals surface area contributed by atoms with Crippen molar-refractivity contribution in [2.24, 2.45) is 5.92 Å². The number of rotatable bonds is 5. The van der Waals surface area contributed by atoms with E-state index in [2.05, 4.69) is 5.10 Å². The zero-order chi connectivity index (χ0) is 18.0. The Bertz CT molecular complexity index is 901. The minimum atomic E-state index is -0.351. The molecule has 3 aromatic rings. The van der Waals surface area contributed by atoms with Crippen molar-refractivity contribution in [1.29, 1.82) is 0 Å². The van der Waals surface area contributed by atoms with Crippen molar-refractivity contribution >= 4 is 16.9 Å². The molecule has 1 aromatic heterocycles. The van der Waals surface area contributed by atoms with Gasteiger partial charge >= 0.3 is 5.97 Å². The Morgan fingerprint density at radius 3 is 2.56 bits per heavy atom. The van der Waals surface area contributed by atoms with Crippen LogP contribution in [0.1, 0.15) is 19.4 Å². The molecule has 0 radical (unpaired) electrons. The summed E-state index contributed by atoms with van der Waals surface area (Å²) in [5.41, 5.74) is 1.69. The van der Waals surface area contributed by atoms with Crippen molar-refractivity contribution < 1.29 is 18.7 Å². The standard InChI is InChI=1S/C19H19FN2O3/c1-12(2)19(23)25-18-16-10-15(24-3)8-9-17(16)22(21-18)11-13-4-6-14(20)7-5-13/h4-10,12H,11H2,1-3H3. The Morgan fingerprint density at radius 1 is 1.20 bits per heavy atom. The second-order valence-corrected chi connectivity index (χ2v) is 6.05. The predicted molar refractivity (Wildman–Crippen MR) is 92.3 cm³/mol. The monoisotopic (exact) mass is 342 g/mol. The number of carbonyl (C=O) groups is 1. The molecule has 0 spiro atoms. The minimum absolute atomic E-state index is 0.245. The van der Waals surface area contributed by atoms with E-state index in [0.29, 0.717) is 17.7 Å². The highest BCUT2D eigenvalue weighted by Gasteiger charge is 2.18. The second-order valence-electron chi connectivity index (χ2n) is 6.05. The van der Waals surface area contributed by atoms with E-state index < -0.39 is 0 Å². The number of benzene rings is 2. The van der Waals surface area contributed by atoms with Crippen molar-refractivity contribution in [2.75, 3.05) is 7.11 Å². The van der Waals surface area contributed by atoms with Gasteiger partial charge in [0.2, 0.25) is 5.88 Å². The number of esters is 1. The van der Waals surface area contributed by atoms with Crippen molar-refractivity contribution in [3.8, 4) is 11.6 Å². The molecule has 0 unspecified atom stereocenters. The Labute approximate surface area is 145 Å². The van der Waals surface area contributed by atoms with Crippen LogP contribution in [0.4, 0.5) is 4.39 Å². The van der Waals surface area contributed by atoms with E-state index in [1.165, 1.54) is 12.1 Å². The van der Waals surface area contributed by atoms with Crippen LogP contribution in [0.25, 0.3) is 10.9 Å². The molecule has 0 saturated heterocycles. The van der Waals surface area contributed by atoms with Crippen LogP contribution in [-0.2, 0) is 11.3 Å². The largest absolute Gasteiger partial charge is 0.497 e. The third-order valence-corrected chi connectivity index (χ3v) is 3.84. The molecular formula is C19H19FN2O3. The summed E-state index contributed by atoms with van der Waals surface area (Å²) in [6.07, 6.45) is 0. The number of hydrogen-bond acceptors (Lipinski definition) is 4. The first-order valence-corrected chi connectivity index (χ1v) is 7.98. The van der Waals surface area contributed by atoms with Gasteiger partial charge in [0.1, 0.15) is 11.6 Å². The van der Waals surface area contributed by atoms with Gasteiger partial charge in [-0.15, -0.1) is 5.10 Å². The summed E-state index contributed by atoms with van der Waals surface area (Å²) in [7, 11) is 1.57. The van der Waals surface area contributed by atoms with Crippen LogP contribution in [-0.4, -0.2) is 22.9 Å². The number of methoxy groups -OCH3 is 1. The van der Waals surface area contributed by atoms with E-state index in [9.17, 15) is 9.18 Å². The number of carbonyl (C=O) groups excluding carboxylic acids is 1. The lowest BCUT2D eigenvalue weighted by Gasteiger charge is -2.04. The average molecular weight is 342 g/mol. The molecule has 25 heavy (non-hydrogen) atoms. The first-order valence-electron chi connectivity index (χ1n) is 7.98. The normalized spacial score (nSPS) is 11.1. The van der Waals surface area contributed by atoms with Gasteiger partial charge in [-0.25, -0.2) is 4.39 Å². The summed E-state index contributed by atoms with van der Waals surface area (Å²) >= 11 is 0. The van der Waals surface area contributed by atoms with Crippen LogP contribution in [0.3, 0.4) is 0 Å². The summed E-state index contributed by atoms with van der Waals surface area (Å²) in [6.45, 7) is 3.96. The topological polar surface area (TPSA) is 53.4 Å². The highest BCUT2D eigenvalue weighted by molar-refractivity contribution is 5.88. The molecule has 0 aliphatic heterocycles. The Hall–Kier alpha value is -2.89. The Balaban J connectivity index is 2.02. The summed E-state index contributed by atoms with van der Waals surface area (Å²) in [6, 6.07) is 11.7. The molecule has 0 amide bonds. The van der Waals surface area contributed by atoms with E-state index in [0.717, 1.165) is 11.1 Å². The van der Waals surface area contributed by atoms with Crippen LogP contribution < -0.4 is 9.47 Å². The quantitative estimate of drug-likeness (QED) is 0.662. The molecule has 5 nitrogen and oxygen atoms in total. The van der Waals surface area contributed by atoms with Crippen LogP contribution in [0.15, 0.2) is 42.5 Å². The number of aromatic nitrogens is 2. The third kappa shape index (κ3) is 3.63. The van der Waals surface area contributed by atoms with Gasteiger partial charge < -0.3 is 9.47 Å². The van der Waals surface area contributed by atoms with Gasteiger partial charge in [-0.1, -0.05) is 26.0 Å². The zero-order valence-electron chi connectivity index (χ0n) is 14.3. The molecule has 3 rings (SSSR count). The van der Waals surface area contributed by atoms with Gasteiger partial charge in [0.25, 0.3) is 0 Å². The van der Waals surface area contributed by atoms with Crippen molar-refractivity contribution in [2.45, 2.75) is 20.4 Å². The summed E-state index contributed by atoms with van der Waals surface area (Å²) in [5, 5.41) is 5.12. The second kappa shape index (κ2) is 6.93.